The highest BCUT2D eigenvalue weighted by atomic mass is 19.4. The number of amides is 2. The summed E-state index contributed by atoms with van der Waals surface area (Å²) in [5.74, 6) is -4.14. The van der Waals surface area contributed by atoms with E-state index in [1.807, 2.05) is 30.3 Å². The van der Waals surface area contributed by atoms with Crippen LogP contribution < -0.4 is 11.1 Å². The van der Waals surface area contributed by atoms with Crippen molar-refractivity contribution in [3.63, 3.8) is 0 Å². The summed E-state index contributed by atoms with van der Waals surface area (Å²) in [5, 5.41) is 13.0. The summed E-state index contributed by atoms with van der Waals surface area (Å²) in [7, 11) is 0. The summed E-state index contributed by atoms with van der Waals surface area (Å²) in [4.78, 5) is 39.5. The maximum atomic E-state index is 12.7. The van der Waals surface area contributed by atoms with E-state index in [4.69, 9.17) is 5.73 Å². The summed E-state index contributed by atoms with van der Waals surface area (Å²) < 4.78 is 37.7. The molecule has 2 atom stereocenters. The number of rotatable bonds is 8. The second-order valence-corrected chi connectivity index (χ2v) is 8.42. The van der Waals surface area contributed by atoms with Gasteiger partial charge in [-0.05, 0) is 41.5 Å². The van der Waals surface area contributed by atoms with Crippen molar-refractivity contribution < 1.29 is 32.4 Å². The van der Waals surface area contributed by atoms with E-state index in [2.05, 4.69) is 16.2 Å². The number of benzene rings is 2. The van der Waals surface area contributed by atoms with Gasteiger partial charge in [0.1, 0.15) is 6.04 Å². The van der Waals surface area contributed by atoms with Gasteiger partial charge in [-0.2, -0.15) is 18.4 Å². The molecular weight excluding hydrogens is 477 g/mol. The number of nitrogens with zero attached hydrogens (tertiary/aromatic N) is 2. The minimum atomic E-state index is -5.17. The standard InChI is InChI=1S/C25H25F3N4O4/c26-25(27,28)24(35)36-32-11-2-1-6-21(32)23(34)31-15-20(14-29)18-9-7-17(8-10-18)19-5-3-4-16(12-19)13-22(30)33/h3-5,7-10,12,20-21H,1-2,6,11,13,15H2,(H2,30,33)(H,31,34)/t20-,21-/m0/s1. The van der Waals surface area contributed by atoms with E-state index in [1.54, 1.807) is 18.2 Å². The van der Waals surface area contributed by atoms with Crippen LogP contribution in [-0.2, 0) is 25.6 Å². The molecule has 1 saturated heterocycles. The smallest absolute Gasteiger partial charge is 0.369 e. The molecule has 2 amide bonds. The number of nitrogens with two attached hydrogens (primary N) is 1. The number of nitriles is 1. The predicted molar refractivity (Wildman–Crippen MR) is 123 cm³/mol. The van der Waals surface area contributed by atoms with Crippen LogP contribution in [0.2, 0.25) is 0 Å². The average molecular weight is 502 g/mol. The van der Waals surface area contributed by atoms with Crippen molar-refractivity contribution in [1.29, 1.82) is 5.26 Å². The van der Waals surface area contributed by atoms with Crippen molar-refractivity contribution in [2.75, 3.05) is 13.1 Å². The number of hydroxylamine groups is 2. The number of nitrogens with one attached hydrogen (secondary N) is 1. The molecule has 3 rings (SSSR count). The number of piperidine rings is 1. The van der Waals surface area contributed by atoms with Crippen molar-refractivity contribution in [3.8, 4) is 17.2 Å². The monoisotopic (exact) mass is 502 g/mol. The topological polar surface area (TPSA) is 126 Å². The van der Waals surface area contributed by atoms with E-state index in [9.17, 15) is 32.8 Å². The highest BCUT2D eigenvalue weighted by Crippen LogP contribution is 2.25. The Bertz CT molecular complexity index is 1150. The van der Waals surface area contributed by atoms with Crippen LogP contribution in [0, 0.1) is 11.3 Å². The fraction of sp³-hybridized carbons (Fsp3) is 0.360. The van der Waals surface area contributed by atoms with E-state index >= 15 is 0 Å². The van der Waals surface area contributed by atoms with E-state index < -0.39 is 35.9 Å². The second-order valence-electron chi connectivity index (χ2n) is 8.42. The molecule has 8 nitrogen and oxygen atoms in total. The van der Waals surface area contributed by atoms with Gasteiger partial charge < -0.3 is 15.9 Å². The molecule has 0 aromatic heterocycles. The van der Waals surface area contributed by atoms with Gasteiger partial charge >= 0.3 is 12.1 Å². The molecule has 190 valence electrons. The molecule has 0 saturated carbocycles. The molecule has 1 heterocycles. The summed E-state index contributed by atoms with van der Waals surface area (Å²) in [6, 6.07) is 15.5. The number of carbonyl (C=O) groups excluding carboxylic acids is 3. The first-order chi connectivity index (χ1) is 17.1. The number of halogens is 3. The Balaban J connectivity index is 1.63. The Morgan fingerprint density at radius 1 is 1.14 bits per heavy atom. The Labute approximate surface area is 205 Å². The van der Waals surface area contributed by atoms with Gasteiger partial charge in [-0.25, -0.2) is 4.79 Å². The van der Waals surface area contributed by atoms with Crippen molar-refractivity contribution in [1.82, 2.24) is 10.4 Å². The van der Waals surface area contributed by atoms with Gasteiger partial charge in [-0.3, -0.25) is 9.59 Å². The Kier molecular flexibility index (Phi) is 8.66. The number of alkyl halides is 3. The molecule has 1 aliphatic rings. The third-order valence-electron chi connectivity index (χ3n) is 5.78. The highest BCUT2D eigenvalue weighted by Gasteiger charge is 2.44. The zero-order valence-electron chi connectivity index (χ0n) is 19.3. The van der Waals surface area contributed by atoms with Crippen LogP contribution in [0.25, 0.3) is 11.1 Å². The van der Waals surface area contributed by atoms with E-state index in [0.717, 1.165) is 21.8 Å². The molecule has 1 aliphatic heterocycles. The molecule has 0 bridgehead atoms. The largest absolute Gasteiger partial charge is 0.492 e. The van der Waals surface area contributed by atoms with Crippen LogP contribution >= 0.6 is 0 Å². The molecule has 2 aromatic carbocycles. The van der Waals surface area contributed by atoms with Gasteiger partial charge in [-0.15, -0.1) is 5.06 Å². The van der Waals surface area contributed by atoms with Crippen LogP contribution in [-0.4, -0.2) is 48.2 Å². The van der Waals surface area contributed by atoms with Crippen LogP contribution in [0.15, 0.2) is 48.5 Å². The van der Waals surface area contributed by atoms with Crippen LogP contribution in [0.4, 0.5) is 13.2 Å². The SMILES string of the molecule is N#C[C@@H](CNC(=O)[C@@H]1CCCCN1OC(=O)C(F)(F)F)c1ccc(-c2cccc(CC(N)=O)c2)cc1. The minimum Gasteiger partial charge on any atom is -0.369 e. The molecule has 1 fully saturated rings. The van der Waals surface area contributed by atoms with Crippen molar-refractivity contribution >= 4 is 17.8 Å². The first-order valence-electron chi connectivity index (χ1n) is 11.3. The van der Waals surface area contributed by atoms with Gasteiger partial charge in [0.2, 0.25) is 11.8 Å². The van der Waals surface area contributed by atoms with E-state index in [0.29, 0.717) is 18.4 Å². The second kappa shape index (κ2) is 11.7. The lowest BCUT2D eigenvalue weighted by Crippen LogP contribution is -2.51. The van der Waals surface area contributed by atoms with Crippen molar-refractivity contribution in [2.24, 2.45) is 5.73 Å². The van der Waals surface area contributed by atoms with Gasteiger partial charge in [0.25, 0.3) is 0 Å². The quantitative estimate of drug-likeness (QED) is 0.572. The van der Waals surface area contributed by atoms with Crippen molar-refractivity contribution in [2.45, 2.75) is 43.8 Å². The van der Waals surface area contributed by atoms with Gasteiger partial charge in [0, 0.05) is 13.1 Å². The lowest BCUT2D eigenvalue weighted by atomic mass is 9.96. The lowest BCUT2D eigenvalue weighted by molar-refractivity contribution is -0.248. The summed E-state index contributed by atoms with van der Waals surface area (Å²) in [6.45, 7) is -0.0655. The van der Waals surface area contributed by atoms with Gasteiger partial charge in [-0.1, -0.05) is 48.5 Å². The van der Waals surface area contributed by atoms with Gasteiger partial charge in [0.05, 0.1) is 18.4 Å². The fourth-order valence-corrected chi connectivity index (χ4v) is 3.96. The van der Waals surface area contributed by atoms with Crippen molar-refractivity contribution in [3.05, 3.63) is 59.7 Å². The fourth-order valence-electron chi connectivity index (χ4n) is 3.96. The predicted octanol–water partition coefficient (Wildman–Crippen LogP) is 2.98. The van der Waals surface area contributed by atoms with Crippen LogP contribution in [0.5, 0.6) is 0 Å². The summed E-state index contributed by atoms with van der Waals surface area (Å²) in [6.07, 6.45) is -3.76. The van der Waals surface area contributed by atoms with Gasteiger partial charge in [0.15, 0.2) is 0 Å². The van der Waals surface area contributed by atoms with E-state index in [1.165, 1.54) is 0 Å². The first kappa shape index (κ1) is 26.7. The third kappa shape index (κ3) is 7.05. The Morgan fingerprint density at radius 2 is 1.86 bits per heavy atom. The Hall–Kier alpha value is -3.91. The maximum Gasteiger partial charge on any atom is 0.492 e. The zero-order chi connectivity index (χ0) is 26.3. The maximum absolute atomic E-state index is 12.7. The molecule has 3 N–H and O–H groups in total. The number of primary amides is 1. The highest BCUT2D eigenvalue weighted by molar-refractivity contribution is 5.82. The molecule has 0 radical (unpaired) electrons. The Morgan fingerprint density at radius 3 is 2.50 bits per heavy atom. The average Bonchev–Trinajstić information content (AvgIpc) is 2.84. The number of carbonyl (C=O) groups is 3. The molecule has 11 heteroatoms. The third-order valence-corrected chi connectivity index (χ3v) is 5.78. The van der Waals surface area contributed by atoms with Crippen LogP contribution in [0.3, 0.4) is 0 Å². The zero-order valence-corrected chi connectivity index (χ0v) is 19.3. The lowest BCUT2D eigenvalue weighted by Gasteiger charge is -2.32. The minimum absolute atomic E-state index is 0.00366. The van der Waals surface area contributed by atoms with Crippen LogP contribution in [0.1, 0.15) is 36.3 Å². The molecule has 0 spiro atoms. The van der Waals surface area contributed by atoms with E-state index in [-0.39, 0.29) is 25.9 Å². The molecule has 36 heavy (non-hydrogen) atoms. The normalized spacial score (nSPS) is 17.0. The number of hydrogen-bond acceptors (Lipinski definition) is 6. The molecule has 0 aliphatic carbocycles. The summed E-state index contributed by atoms with van der Waals surface area (Å²) in [5.41, 5.74) is 8.40. The molecular formula is C25H25F3N4O4. The molecule has 0 unspecified atom stereocenters. The molecule has 2 aromatic rings. The number of hydrogen-bond donors (Lipinski definition) is 2. The summed E-state index contributed by atoms with van der Waals surface area (Å²) >= 11 is 0. The first-order valence-corrected chi connectivity index (χ1v) is 11.3.